The summed E-state index contributed by atoms with van der Waals surface area (Å²) in [6.07, 6.45) is 1.30. The fourth-order valence-corrected chi connectivity index (χ4v) is 2.64. The van der Waals surface area contributed by atoms with Crippen molar-refractivity contribution in [3.05, 3.63) is 10.8 Å². The minimum absolute atomic E-state index is 0.0878. The Labute approximate surface area is 109 Å². The van der Waals surface area contributed by atoms with E-state index in [1.165, 1.54) is 7.11 Å². The van der Waals surface area contributed by atoms with Gasteiger partial charge in [0.2, 0.25) is 5.01 Å². The van der Waals surface area contributed by atoms with E-state index in [4.69, 9.17) is 4.74 Å². The van der Waals surface area contributed by atoms with Crippen LogP contribution in [0, 0.1) is 12.8 Å². The van der Waals surface area contributed by atoms with Crippen LogP contribution < -0.4 is 0 Å². The maximum absolute atomic E-state index is 12.1. The zero-order valence-electron chi connectivity index (χ0n) is 10.4. The first-order chi connectivity index (χ1) is 8.61. The molecule has 0 aliphatic carbocycles. The lowest BCUT2D eigenvalue weighted by Crippen LogP contribution is -2.40. The van der Waals surface area contributed by atoms with Gasteiger partial charge in [-0.2, -0.15) is 4.37 Å². The van der Waals surface area contributed by atoms with Crippen LogP contribution in [0.15, 0.2) is 0 Å². The molecule has 1 aliphatic rings. The topological polar surface area (TPSA) is 72.4 Å². The highest BCUT2D eigenvalue weighted by atomic mass is 32.1. The lowest BCUT2D eigenvalue weighted by molar-refractivity contribution is -0.146. The second-order valence-corrected chi connectivity index (χ2v) is 4.99. The molecule has 0 unspecified atom stereocenters. The number of piperidine rings is 1. The highest BCUT2D eigenvalue weighted by molar-refractivity contribution is 7.07. The Morgan fingerprint density at radius 2 is 2.06 bits per heavy atom. The molecule has 0 N–H and O–H groups in total. The van der Waals surface area contributed by atoms with E-state index < -0.39 is 0 Å². The molecule has 1 aliphatic heterocycles. The van der Waals surface area contributed by atoms with Gasteiger partial charge in [0.25, 0.3) is 5.91 Å². The molecule has 1 aromatic rings. The average Bonchev–Trinajstić information content (AvgIpc) is 2.84. The number of aromatic nitrogens is 2. The maximum atomic E-state index is 12.1. The molecular formula is C11H15N3O3S. The summed E-state index contributed by atoms with van der Waals surface area (Å²) in [5.74, 6) is 0.251. The third-order valence-electron chi connectivity index (χ3n) is 3.03. The van der Waals surface area contributed by atoms with Crippen LogP contribution in [-0.4, -0.2) is 46.3 Å². The molecule has 1 saturated heterocycles. The quantitative estimate of drug-likeness (QED) is 0.745. The first-order valence-corrected chi connectivity index (χ1v) is 6.56. The van der Waals surface area contributed by atoms with E-state index in [9.17, 15) is 9.59 Å². The van der Waals surface area contributed by atoms with E-state index in [0.29, 0.717) is 36.8 Å². The van der Waals surface area contributed by atoms with Crippen LogP contribution >= 0.6 is 11.5 Å². The van der Waals surface area contributed by atoms with Gasteiger partial charge in [-0.15, -0.1) is 0 Å². The summed E-state index contributed by atoms with van der Waals surface area (Å²) < 4.78 is 8.71. The molecule has 18 heavy (non-hydrogen) atoms. The van der Waals surface area contributed by atoms with E-state index in [0.717, 1.165) is 11.5 Å². The number of rotatable bonds is 2. The Morgan fingerprint density at radius 1 is 1.39 bits per heavy atom. The van der Waals surface area contributed by atoms with Crippen molar-refractivity contribution < 1.29 is 14.3 Å². The summed E-state index contributed by atoms with van der Waals surface area (Å²) in [6, 6.07) is 0. The molecular weight excluding hydrogens is 254 g/mol. The molecule has 1 fully saturated rings. The van der Waals surface area contributed by atoms with Crippen molar-refractivity contribution in [1.82, 2.24) is 14.3 Å². The number of carbonyl (C=O) groups is 2. The molecule has 0 saturated carbocycles. The van der Waals surface area contributed by atoms with Crippen molar-refractivity contribution >= 4 is 23.4 Å². The summed E-state index contributed by atoms with van der Waals surface area (Å²) in [5, 5.41) is 0.420. The first kappa shape index (κ1) is 12.9. The van der Waals surface area contributed by atoms with Crippen LogP contribution in [0.5, 0.6) is 0 Å². The van der Waals surface area contributed by atoms with Crippen molar-refractivity contribution in [3.63, 3.8) is 0 Å². The van der Waals surface area contributed by atoms with Crippen LogP contribution in [0.3, 0.4) is 0 Å². The summed E-state index contributed by atoms with van der Waals surface area (Å²) >= 11 is 1.12. The number of esters is 1. The van der Waals surface area contributed by atoms with Crippen LogP contribution in [0.2, 0.25) is 0 Å². The van der Waals surface area contributed by atoms with Gasteiger partial charge in [0, 0.05) is 13.1 Å². The Morgan fingerprint density at radius 3 is 2.56 bits per heavy atom. The van der Waals surface area contributed by atoms with Crippen molar-refractivity contribution in [1.29, 1.82) is 0 Å². The van der Waals surface area contributed by atoms with Gasteiger partial charge in [-0.1, -0.05) is 0 Å². The predicted octanol–water partition coefficient (Wildman–Crippen LogP) is 0.872. The second kappa shape index (κ2) is 5.43. The Kier molecular flexibility index (Phi) is 3.90. The Bertz CT molecular complexity index is 452. The SMILES string of the molecule is COC(=O)C1CCN(C(=O)c2nc(C)ns2)CC1. The summed E-state index contributed by atoms with van der Waals surface area (Å²) in [5.41, 5.74) is 0. The standard InChI is InChI=1S/C11H15N3O3S/c1-7-12-9(18-13-7)10(15)14-5-3-8(4-6-14)11(16)17-2/h8H,3-6H2,1-2H3. The van der Waals surface area contributed by atoms with Gasteiger partial charge in [-0.05, 0) is 31.3 Å². The molecule has 1 aromatic heterocycles. The predicted molar refractivity (Wildman–Crippen MR) is 65.3 cm³/mol. The van der Waals surface area contributed by atoms with Crippen LogP contribution in [0.1, 0.15) is 28.5 Å². The van der Waals surface area contributed by atoms with Gasteiger partial charge in [-0.3, -0.25) is 9.59 Å². The number of hydrogen-bond acceptors (Lipinski definition) is 6. The zero-order chi connectivity index (χ0) is 13.1. The average molecular weight is 269 g/mol. The smallest absolute Gasteiger partial charge is 0.308 e. The maximum Gasteiger partial charge on any atom is 0.308 e. The van der Waals surface area contributed by atoms with Gasteiger partial charge >= 0.3 is 5.97 Å². The fourth-order valence-electron chi connectivity index (χ4n) is 2.00. The van der Waals surface area contributed by atoms with Gasteiger partial charge in [0.15, 0.2) is 0 Å². The zero-order valence-corrected chi connectivity index (χ0v) is 11.2. The van der Waals surface area contributed by atoms with E-state index in [-0.39, 0.29) is 17.8 Å². The third-order valence-corrected chi connectivity index (χ3v) is 3.82. The number of aryl methyl sites for hydroxylation is 1. The van der Waals surface area contributed by atoms with Gasteiger partial charge < -0.3 is 9.64 Å². The summed E-state index contributed by atoms with van der Waals surface area (Å²) in [7, 11) is 1.39. The third kappa shape index (κ3) is 2.66. The van der Waals surface area contributed by atoms with E-state index in [1.807, 2.05) is 0 Å². The number of methoxy groups -OCH3 is 1. The molecule has 0 atom stereocenters. The largest absolute Gasteiger partial charge is 0.469 e. The van der Waals surface area contributed by atoms with Crippen molar-refractivity contribution in [2.45, 2.75) is 19.8 Å². The monoisotopic (exact) mass is 269 g/mol. The molecule has 1 amide bonds. The highest BCUT2D eigenvalue weighted by Gasteiger charge is 2.29. The molecule has 2 heterocycles. The van der Waals surface area contributed by atoms with Crippen LogP contribution in [-0.2, 0) is 9.53 Å². The molecule has 0 radical (unpaired) electrons. The summed E-state index contributed by atoms with van der Waals surface area (Å²) in [6.45, 7) is 2.89. The number of amides is 1. The van der Waals surface area contributed by atoms with E-state index >= 15 is 0 Å². The Balaban J connectivity index is 1.94. The number of nitrogens with zero attached hydrogens (tertiary/aromatic N) is 3. The van der Waals surface area contributed by atoms with Crippen molar-refractivity contribution in [2.24, 2.45) is 5.92 Å². The number of likely N-dealkylation sites (tertiary alicyclic amines) is 1. The number of hydrogen-bond donors (Lipinski definition) is 0. The second-order valence-electron chi connectivity index (χ2n) is 4.24. The lowest BCUT2D eigenvalue weighted by Gasteiger charge is -2.29. The molecule has 0 spiro atoms. The van der Waals surface area contributed by atoms with Crippen molar-refractivity contribution in [2.75, 3.05) is 20.2 Å². The van der Waals surface area contributed by atoms with Crippen molar-refractivity contribution in [3.8, 4) is 0 Å². The fraction of sp³-hybridized carbons (Fsp3) is 0.636. The van der Waals surface area contributed by atoms with Gasteiger partial charge in [0.1, 0.15) is 5.82 Å². The molecule has 7 heteroatoms. The highest BCUT2D eigenvalue weighted by Crippen LogP contribution is 2.20. The molecule has 98 valence electrons. The lowest BCUT2D eigenvalue weighted by atomic mass is 9.97. The van der Waals surface area contributed by atoms with Crippen LogP contribution in [0.4, 0.5) is 0 Å². The number of carbonyl (C=O) groups excluding carboxylic acids is 2. The minimum atomic E-state index is -0.186. The molecule has 0 aromatic carbocycles. The first-order valence-electron chi connectivity index (χ1n) is 5.79. The van der Waals surface area contributed by atoms with Gasteiger partial charge in [-0.25, -0.2) is 4.98 Å². The summed E-state index contributed by atoms with van der Waals surface area (Å²) in [4.78, 5) is 29.2. The molecule has 0 bridgehead atoms. The molecule has 2 rings (SSSR count). The Hall–Kier alpha value is -1.50. The normalized spacial score (nSPS) is 16.7. The number of ether oxygens (including phenoxy) is 1. The van der Waals surface area contributed by atoms with Crippen LogP contribution in [0.25, 0.3) is 0 Å². The van der Waals surface area contributed by atoms with Gasteiger partial charge in [0.05, 0.1) is 13.0 Å². The van der Waals surface area contributed by atoms with E-state index in [2.05, 4.69) is 9.36 Å². The molecule has 6 nitrogen and oxygen atoms in total. The minimum Gasteiger partial charge on any atom is -0.469 e. The van der Waals surface area contributed by atoms with E-state index in [1.54, 1.807) is 11.8 Å².